The topological polar surface area (TPSA) is 117 Å². The summed E-state index contributed by atoms with van der Waals surface area (Å²) in [6, 6.07) is 4.04. The van der Waals surface area contributed by atoms with E-state index in [0.29, 0.717) is 42.9 Å². The molecule has 1 aromatic carbocycles. The van der Waals surface area contributed by atoms with Crippen molar-refractivity contribution in [3.8, 4) is 11.3 Å². The number of aromatic nitrogens is 4. The van der Waals surface area contributed by atoms with Gasteiger partial charge in [0.25, 0.3) is 5.91 Å². The second-order valence-corrected chi connectivity index (χ2v) is 9.54. The van der Waals surface area contributed by atoms with Crippen LogP contribution in [0.3, 0.4) is 0 Å². The Labute approximate surface area is 221 Å². The van der Waals surface area contributed by atoms with Crippen LogP contribution in [0.15, 0.2) is 42.9 Å². The van der Waals surface area contributed by atoms with E-state index in [-0.39, 0.29) is 17.6 Å². The highest BCUT2D eigenvalue weighted by Crippen LogP contribution is 2.36. The molecule has 3 heterocycles. The summed E-state index contributed by atoms with van der Waals surface area (Å²) in [5.41, 5.74) is 0.493. The Balaban J connectivity index is 1.38. The van der Waals surface area contributed by atoms with Crippen molar-refractivity contribution in [3.63, 3.8) is 0 Å². The Morgan fingerprint density at radius 2 is 2.03 bits per heavy atom. The number of nitrogens with zero attached hydrogens (tertiary/aromatic N) is 5. The number of benzene rings is 1. The van der Waals surface area contributed by atoms with Crippen molar-refractivity contribution in [3.05, 3.63) is 59.0 Å². The Hall–Kier alpha value is -3.55. The molecule has 0 saturated carbocycles. The summed E-state index contributed by atoms with van der Waals surface area (Å²) in [6.45, 7) is 1.61. The minimum atomic E-state index is -4.63. The fraction of sp³-hybridized carbons (Fsp3) is 0.375. The van der Waals surface area contributed by atoms with Crippen molar-refractivity contribution < 1.29 is 22.8 Å². The predicted octanol–water partition coefficient (Wildman–Crippen LogP) is 2.85. The first-order valence-corrected chi connectivity index (χ1v) is 12.1. The first kappa shape index (κ1) is 27.5. The van der Waals surface area contributed by atoms with E-state index in [0.717, 1.165) is 12.1 Å². The lowest BCUT2D eigenvalue weighted by Crippen LogP contribution is -2.35. The molecule has 0 unspecified atom stereocenters. The average molecular weight is 551 g/mol. The summed E-state index contributed by atoms with van der Waals surface area (Å²) >= 11 is 5.65. The number of alkyl halides is 3. The quantitative estimate of drug-likeness (QED) is 0.395. The molecule has 2 atom stereocenters. The molecule has 3 aromatic rings. The predicted molar refractivity (Wildman–Crippen MR) is 135 cm³/mol. The molecule has 2 amide bonds. The molecule has 0 bridgehead atoms. The molecule has 1 aliphatic heterocycles. The number of likely N-dealkylation sites (N-methyl/N-ethyl adjacent to an activating group) is 1. The van der Waals surface area contributed by atoms with Gasteiger partial charge in [0.2, 0.25) is 5.91 Å². The Kier molecular flexibility index (Phi) is 8.29. The maximum atomic E-state index is 13.1. The maximum Gasteiger partial charge on any atom is 0.417 e. The molecule has 0 radical (unpaired) electrons. The molecule has 0 aliphatic carbocycles. The van der Waals surface area contributed by atoms with Gasteiger partial charge in [0, 0.05) is 43.3 Å². The third-order valence-electron chi connectivity index (χ3n) is 5.99. The highest BCUT2D eigenvalue weighted by atomic mass is 35.5. The molecule has 202 valence electrons. The van der Waals surface area contributed by atoms with Crippen molar-refractivity contribution in [2.45, 2.75) is 24.7 Å². The van der Waals surface area contributed by atoms with Gasteiger partial charge in [-0.2, -0.15) is 13.2 Å². The molecule has 38 heavy (non-hydrogen) atoms. The Morgan fingerprint density at radius 1 is 1.24 bits per heavy atom. The second-order valence-electron chi connectivity index (χ2n) is 9.14. The molecule has 1 aliphatic rings. The lowest BCUT2D eigenvalue weighted by Gasteiger charge is -2.14. The number of pyridine rings is 1. The average Bonchev–Trinajstić information content (AvgIpc) is 3.54. The van der Waals surface area contributed by atoms with Gasteiger partial charge in [-0.3, -0.25) is 14.6 Å². The van der Waals surface area contributed by atoms with Crippen molar-refractivity contribution in [1.82, 2.24) is 35.5 Å². The number of nitrogens with one attached hydrogen (secondary N) is 3. The van der Waals surface area contributed by atoms with E-state index >= 15 is 0 Å². The van der Waals surface area contributed by atoms with Gasteiger partial charge in [0.15, 0.2) is 0 Å². The number of rotatable bonds is 8. The third kappa shape index (κ3) is 6.65. The van der Waals surface area contributed by atoms with Gasteiger partial charge in [-0.1, -0.05) is 16.8 Å². The third-order valence-corrected chi connectivity index (χ3v) is 6.32. The van der Waals surface area contributed by atoms with Crippen molar-refractivity contribution in [2.75, 3.05) is 39.0 Å². The smallest absolute Gasteiger partial charge is 0.351 e. The zero-order valence-electron chi connectivity index (χ0n) is 20.6. The number of carbonyl (C=O) groups excluding carboxylic acids is 2. The standard InChI is InChI=1S/C24H26ClF3N8O2/c1-35(2)6-5-30-22(37)15-7-14(10-29-11-15)21-13-36(34-33-21)17-9-20(31-12-17)23(38)32-16-3-4-19(25)18(8-16)24(26,27)28/h3-4,7-8,10-11,13,17,20,31H,5-6,9,12H2,1-2H3,(H,30,37)(H,32,38)/t17-,20-/m0/s1. The van der Waals surface area contributed by atoms with Crippen LogP contribution in [0.2, 0.25) is 5.02 Å². The molecule has 4 rings (SSSR count). The number of anilines is 1. The molecule has 1 fully saturated rings. The molecule has 1 saturated heterocycles. The number of amides is 2. The maximum absolute atomic E-state index is 13.1. The molecule has 2 aromatic heterocycles. The molecular weight excluding hydrogens is 525 g/mol. The Bertz CT molecular complexity index is 1310. The number of hydrogen-bond donors (Lipinski definition) is 3. The fourth-order valence-corrected chi connectivity index (χ4v) is 4.18. The highest BCUT2D eigenvalue weighted by Gasteiger charge is 2.34. The van der Waals surface area contributed by atoms with Crippen LogP contribution < -0.4 is 16.0 Å². The summed E-state index contributed by atoms with van der Waals surface area (Å²) in [4.78, 5) is 31.2. The van der Waals surface area contributed by atoms with Gasteiger partial charge in [-0.15, -0.1) is 5.10 Å². The number of carbonyl (C=O) groups is 2. The largest absolute Gasteiger partial charge is 0.417 e. The monoisotopic (exact) mass is 550 g/mol. The SMILES string of the molecule is CN(C)CCNC(=O)c1cncc(-c2cn([C@@H]3CN[C@H](C(=O)Nc4ccc(Cl)c(C(F)(F)F)c4)C3)nn2)c1. The van der Waals surface area contributed by atoms with E-state index in [1.165, 1.54) is 12.3 Å². The van der Waals surface area contributed by atoms with Gasteiger partial charge >= 0.3 is 6.18 Å². The lowest BCUT2D eigenvalue weighted by atomic mass is 10.1. The summed E-state index contributed by atoms with van der Waals surface area (Å²) in [7, 11) is 3.83. The van der Waals surface area contributed by atoms with Crippen LogP contribution in [0.4, 0.5) is 18.9 Å². The summed E-state index contributed by atoms with van der Waals surface area (Å²) in [5.74, 6) is -0.717. The van der Waals surface area contributed by atoms with Crippen LogP contribution in [0.5, 0.6) is 0 Å². The van der Waals surface area contributed by atoms with E-state index in [1.54, 1.807) is 23.1 Å². The highest BCUT2D eigenvalue weighted by molar-refractivity contribution is 6.31. The minimum absolute atomic E-state index is 0.00171. The Morgan fingerprint density at radius 3 is 2.76 bits per heavy atom. The fourth-order valence-electron chi connectivity index (χ4n) is 3.95. The number of hydrogen-bond acceptors (Lipinski definition) is 7. The van der Waals surface area contributed by atoms with E-state index in [9.17, 15) is 22.8 Å². The van der Waals surface area contributed by atoms with Gasteiger partial charge in [0.1, 0.15) is 5.69 Å². The van der Waals surface area contributed by atoms with E-state index in [2.05, 4.69) is 31.2 Å². The molecule has 14 heteroatoms. The van der Waals surface area contributed by atoms with Crippen molar-refractivity contribution in [1.29, 1.82) is 0 Å². The van der Waals surface area contributed by atoms with E-state index < -0.39 is 28.7 Å². The summed E-state index contributed by atoms with van der Waals surface area (Å²) < 4.78 is 41.0. The minimum Gasteiger partial charge on any atom is -0.351 e. The number of halogens is 4. The summed E-state index contributed by atoms with van der Waals surface area (Å²) in [5, 5.41) is 16.3. The zero-order chi connectivity index (χ0) is 27.4. The van der Waals surface area contributed by atoms with Crippen LogP contribution in [0.25, 0.3) is 11.3 Å². The van der Waals surface area contributed by atoms with Crippen LogP contribution in [-0.4, -0.2) is 76.5 Å². The van der Waals surface area contributed by atoms with Crippen molar-refractivity contribution >= 4 is 29.1 Å². The molecule has 10 nitrogen and oxygen atoms in total. The van der Waals surface area contributed by atoms with Crippen LogP contribution in [0, 0.1) is 0 Å². The van der Waals surface area contributed by atoms with Crippen LogP contribution in [0.1, 0.15) is 28.4 Å². The van der Waals surface area contributed by atoms with Gasteiger partial charge in [-0.25, -0.2) is 4.68 Å². The molecule has 3 N–H and O–H groups in total. The van der Waals surface area contributed by atoms with E-state index in [1.807, 2.05) is 19.0 Å². The normalized spacial score (nSPS) is 17.6. The van der Waals surface area contributed by atoms with Crippen LogP contribution in [-0.2, 0) is 11.0 Å². The molecule has 0 spiro atoms. The van der Waals surface area contributed by atoms with Gasteiger partial charge < -0.3 is 20.9 Å². The first-order valence-electron chi connectivity index (χ1n) is 11.7. The first-order chi connectivity index (χ1) is 18.0. The van der Waals surface area contributed by atoms with Gasteiger partial charge in [0.05, 0.1) is 34.4 Å². The summed E-state index contributed by atoms with van der Waals surface area (Å²) in [6.07, 6.45) is 0.466. The second kappa shape index (κ2) is 11.5. The molecular formula is C24H26ClF3N8O2. The van der Waals surface area contributed by atoms with Gasteiger partial charge in [-0.05, 0) is 44.8 Å². The van der Waals surface area contributed by atoms with E-state index in [4.69, 9.17) is 11.6 Å². The van der Waals surface area contributed by atoms with Crippen molar-refractivity contribution in [2.24, 2.45) is 0 Å². The lowest BCUT2D eigenvalue weighted by molar-refractivity contribution is -0.137. The van der Waals surface area contributed by atoms with Crippen LogP contribution >= 0.6 is 11.6 Å². The zero-order valence-corrected chi connectivity index (χ0v) is 21.3.